The SMILES string of the molecule is C#CCOC(=O)C(CC)C(=O)O. The largest absolute Gasteiger partial charge is 0.481 e. The van der Waals surface area contributed by atoms with E-state index in [9.17, 15) is 9.59 Å². The van der Waals surface area contributed by atoms with Crippen LogP contribution in [0.1, 0.15) is 13.3 Å². The number of ether oxygens (including phenoxy) is 1. The van der Waals surface area contributed by atoms with Crippen molar-refractivity contribution in [2.45, 2.75) is 13.3 Å². The van der Waals surface area contributed by atoms with E-state index in [1.165, 1.54) is 0 Å². The van der Waals surface area contributed by atoms with E-state index in [1.54, 1.807) is 6.92 Å². The highest BCUT2D eigenvalue weighted by Gasteiger charge is 2.25. The highest BCUT2D eigenvalue weighted by atomic mass is 16.5. The zero-order valence-electron chi connectivity index (χ0n) is 6.74. The van der Waals surface area contributed by atoms with Gasteiger partial charge in [-0.25, -0.2) is 0 Å². The molecule has 0 rings (SSSR count). The molecule has 0 aromatic carbocycles. The van der Waals surface area contributed by atoms with Crippen LogP contribution in [-0.4, -0.2) is 23.7 Å². The molecule has 4 nitrogen and oxygen atoms in total. The molecule has 0 aromatic rings. The summed E-state index contributed by atoms with van der Waals surface area (Å²) in [6, 6.07) is 0. The van der Waals surface area contributed by atoms with Crippen LogP contribution in [0, 0.1) is 18.3 Å². The average Bonchev–Trinajstić information content (AvgIpc) is 2.01. The second-order valence-electron chi connectivity index (χ2n) is 2.11. The predicted molar refractivity (Wildman–Crippen MR) is 41.2 cm³/mol. The van der Waals surface area contributed by atoms with E-state index in [2.05, 4.69) is 10.7 Å². The summed E-state index contributed by atoms with van der Waals surface area (Å²) in [6.45, 7) is 1.42. The van der Waals surface area contributed by atoms with Crippen molar-refractivity contribution in [1.29, 1.82) is 0 Å². The Morgan fingerprint density at radius 2 is 2.25 bits per heavy atom. The second-order valence-corrected chi connectivity index (χ2v) is 2.11. The molecule has 1 unspecified atom stereocenters. The van der Waals surface area contributed by atoms with Crippen LogP contribution < -0.4 is 0 Å². The Kier molecular flexibility index (Phi) is 4.54. The van der Waals surface area contributed by atoms with Gasteiger partial charge in [0.1, 0.15) is 0 Å². The fourth-order valence-corrected chi connectivity index (χ4v) is 0.655. The molecule has 4 heteroatoms. The van der Waals surface area contributed by atoms with Crippen LogP contribution in [0.3, 0.4) is 0 Å². The normalized spacial score (nSPS) is 11.3. The molecule has 0 heterocycles. The molecule has 0 saturated carbocycles. The van der Waals surface area contributed by atoms with Crippen LogP contribution in [0.2, 0.25) is 0 Å². The molecule has 0 aromatic heterocycles. The van der Waals surface area contributed by atoms with E-state index in [4.69, 9.17) is 11.5 Å². The van der Waals surface area contributed by atoms with Crippen molar-refractivity contribution in [3.8, 4) is 12.3 Å². The molecule has 0 radical (unpaired) electrons. The second kappa shape index (κ2) is 5.19. The fraction of sp³-hybridized carbons (Fsp3) is 0.500. The molecule has 0 bridgehead atoms. The van der Waals surface area contributed by atoms with E-state index < -0.39 is 17.9 Å². The minimum atomic E-state index is -1.18. The van der Waals surface area contributed by atoms with Crippen molar-refractivity contribution in [2.24, 2.45) is 5.92 Å². The Morgan fingerprint density at radius 1 is 1.67 bits per heavy atom. The lowest BCUT2D eigenvalue weighted by molar-refractivity contribution is -0.157. The van der Waals surface area contributed by atoms with Crippen LogP contribution >= 0.6 is 0 Å². The molecule has 1 atom stereocenters. The summed E-state index contributed by atoms with van der Waals surface area (Å²) in [5.74, 6) is -0.974. The molecule has 0 fully saturated rings. The van der Waals surface area contributed by atoms with Gasteiger partial charge in [0, 0.05) is 0 Å². The number of carbonyl (C=O) groups is 2. The smallest absolute Gasteiger partial charge is 0.321 e. The summed E-state index contributed by atoms with van der Waals surface area (Å²) in [5, 5.41) is 8.49. The van der Waals surface area contributed by atoms with Crippen LogP contribution in [0.15, 0.2) is 0 Å². The Hall–Kier alpha value is -1.50. The Balaban J connectivity index is 4.05. The first kappa shape index (κ1) is 10.5. The maximum Gasteiger partial charge on any atom is 0.321 e. The molecule has 1 N–H and O–H groups in total. The summed E-state index contributed by atoms with van der Waals surface area (Å²) in [4.78, 5) is 21.3. The van der Waals surface area contributed by atoms with E-state index in [-0.39, 0.29) is 13.0 Å². The number of carboxylic acids is 1. The molecule has 0 spiro atoms. The number of carboxylic acid groups (broad SMARTS) is 1. The summed E-state index contributed by atoms with van der Waals surface area (Å²) in [7, 11) is 0. The Bertz CT molecular complexity index is 214. The van der Waals surface area contributed by atoms with Crippen molar-refractivity contribution < 1.29 is 19.4 Å². The zero-order valence-corrected chi connectivity index (χ0v) is 6.74. The van der Waals surface area contributed by atoms with E-state index in [1.807, 2.05) is 0 Å². The van der Waals surface area contributed by atoms with Crippen molar-refractivity contribution in [3.05, 3.63) is 0 Å². The Labute approximate surface area is 70.5 Å². The van der Waals surface area contributed by atoms with Crippen LogP contribution in [0.4, 0.5) is 0 Å². The van der Waals surface area contributed by atoms with Gasteiger partial charge in [-0.3, -0.25) is 9.59 Å². The van der Waals surface area contributed by atoms with Gasteiger partial charge in [-0.05, 0) is 6.42 Å². The van der Waals surface area contributed by atoms with E-state index in [0.717, 1.165) is 0 Å². The first-order valence-corrected chi connectivity index (χ1v) is 3.46. The standard InChI is InChI=1S/C8H10O4/c1-3-5-12-8(11)6(4-2)7(9)10/h1,6H,4-5H2,2H3,(H,9,10). The molecule has 0 aliphatic heterocycles. The zero-order chi connectivity index (χ0) is 9.56. The van der Waals surface area contributed by atoms with Crippen molar-refractivity contribution in [3.63, 3.8) is 0 Å². The van der Waals surface area contributed by atoms with E-state index in [0.29, 0.717) is 0 Å². The third-order valence-electron chi connectivity index (χ3n) is 1.29. The summed E-state index contributed by atoms with van der Waals surface area (Å²) < 4.78 is 4.45. The minimum absolute atomic E-state index is 0.178. The average molecular weight is 170 g/mol. The first-order valence-electron chi connectivity index (χ1n) is 3.46. The van der Waals surface area contributed by atoms with Gasteiger partial charge in [0.25, 0.3) is 0 Å². The fourth-order valence-electron chi connectivity index (χ4n) is 0.655. The lowest BCUT2D eigenvalue weighted by Gasteiger charge is -2.06. The first-order chi connectivity index (χ1) is 5.63. The molecule has 0 aliphatic carbocycles. The lowest BCUT2D eigenvalue weighted by Crippen LogP contribution is -2.25. The maximum atomic E-state index is 10.9. The van der Waals surface area contributed by atoms with Gasteiger partial charge in [0.15, 0.2) is 12.5 Å². The number of terminal acetylenes is 1. The third-order valence-corrected chi connectivity index (χ3v) is 1.29. The quantitative estimate of drug-likeness (QED) is 0.374. The van der Waals surface area contributed by atoms with Gasteiger partial charge in [-0.1, -0.05) is 12.8 Å². The number of rotatable bonds is 4. The van der Waals surface area contributed by atoms with Gasteiger partial charge in [0.2, 0.25) is 0 Å². The summed E-state index contributed by atoms with van der Waals surface area (Å²) in [6.07, 6.45) is 5.03. The number of hydrogen-bond acceptors (Lipinski definition) is 3. The number of carbonyl (C=O) groups excluding carboxylic acids is 1. The molecule has 66 valence electrons. The maximum absolute atomic E-state index is 10.9. The summed E-state index contributed by atoms with van der Waals surface area (Å²) in [5.41, 5.74) is 0. The van der Waals surface area contributed by atoms with Crippen LogP contribution in [0.25, 0.3) is 0 Å². The van der Waals surface area contributed by atoms with Crippen molar-refractivity contribution >= 4 is 11.9 Å². The molecule has 12 heavy (non-hydrogen) atoms. The Morgan fingerprint density at radius 3 is 2.58 bits per heavy atom. The van der Waals surface area contributed by atoms with Crippen molar-refractivity contribution in [1.82, 2.24) is 0 Å². The molecular weight excluding hydrogens is 160 g/mol. The predicted octanol–water partition coefficient (Wildman–Crippen LogP) is 0.274. The van der Waals surface area contributed by atoms with E-state index >= 15 is 0 Å². The topological polar surface area (TPSA) is 63.6 Å². The summed E-state index contributed by atoms with van der Waals surface area (Å²) >= 11 is 0. The molecule has 0 amide bonds. The highest BCUT2D eigenvalue weighted by molar-refractivity contribution is 5.93. The molecular formula is C8H10O4. The molecule has 0 saturated heterocycles. The van der Waals surface area contributed by atoms with Gasteiger partial charge in [-0.2, -0.15) is 0 Å². The molecule has 0 aliphatic rings. The number of esters is 1. The third kappa shape index (κ3) is 3.06. The van der Waals surface area contributed by atoms with Gasteiger partial charge in [-0.15, -0.1) is 6.42 Å². The highest BCUT2D eigenvalue weighted by Crippen LogP contribution is 2.04. The number of aliphatic carboxylic acids is 1. The lowest BCUT2D eigenvalue weighted by atomic mass is 10.1. The number of hydrogen-bond donors (Lipinski definition) is 1. The van der Waals surface area contributed by atoms with Gasteiger partial charge >= 0.3 is 11.9 Å². The van der Waals surface area contributed by atoms with Crippen LogP contribution in [-0.2, 0) is 14.3 Å². The van der Waals surface area contributed by atoms with Gasteiger partial charge < -0.3 is 9.84 Å². The monoisotopic (exact) mass is 170 g/mol. The minimum Gasteiger partial charge on any atom is -0.481 e. The van der Waals surface area contributed by atoms with Gasteiger partial charge in [0.05, 0.1) is 0 Å². The van der Waals surface area contributed by atoms with Crippen LogP contribution in [0.5, 0.6) is 0 Å². The van der Waals surface area contributed by atoms with Crippen molar-refractivity contribution in [2.75, 3.05) is 6.61 Å².